The van der Waals surface area contributed by atoms with Gasteiger partial charge in [0.15, 0.2) is 0 Å². The van der Waals surface area contributed by atoms with Crippen molar-refractivity contribution in [2.24, 2.45) is 0 Å². The Balaban J connectivity index is 1.64. The molecule has 0 radical (unpaired) electrons. The lowest BCUT2D eigenvalue weighted by Crippen LogP contribution is -2.18. The summed E-state index contributed by atoms with van der Waals surface area (Å²) >= 11 is 3.20. The van der Waals surface area contributed by atoms with E-state index in [9.17, 15) is 4.79 Å². The van der Waals surface area contributed by atoms with Crippen molar-refractivity contribution in [3.8, 4) is 0 Å². The minimum Gasteiger partial charge on any atom is -0.319 e. The van der Waals surface area contributed by atoms with E-state index < -0.39 is 0 Å². The molecule has 0 spiro atoms. The second-order valence-corrected chi connectivity index (χ2v) is 7.75. The molecule has 0 saturated carbocycles. The van der Waals surface area contributed by atoms with Gasteiger partial charge in [-0.1, -0.05) is 12.1 Å². The van der Waals surface area contributed by atoms with Crippen molar-refractivity contribution >= 4 is 34.7 Å². The van der Waals surface area contributed by atoms with Crippen molar-refractivity contribution in [2.75, 3.05) is 26.0 Å². The van der Waals surface area contributed by atoms with E-state index in [1.54, 1.807) is 29.3 Å². The third-order valence-corrected chi connectivity index (χ3v) is 5.40. The number of nitrogens with zero attached hydrogens (tertiary/aromatic N) is 4. The lowest BCUT2D eigenvalue weighted by atomic mass is 10.2. The standard InChI is InChI=1S/C18H21N5OS2/c1-22(2)7-8-23-10-14(9-20-23)21-18(24)16-5-3-4-6-17(16)26-12-15-11-25-13-19-15/h3-6,9-11,13H,7-8,12H2,1-2H3,(H,21,24). The van der Waals surface area contributed by atoms with Crippen LogP contribution in [0.3, 0.4) is 0 Å². The van der Waals surface area contributed by atoms with Gasteiger partial charge in [-0.3, -0.25) is 9.48 Å². The van der Waals surface area contributed by atoms with Gasteiger partial charge in [0, 0.05) is 28.8 Å². The van der Waals surface area contributed by atoms with Crippen molar-refractivity contribution in [1.29, 1.82) is 0 Å². The predicted molar refractivity (Wildman–Crippen MR) is 107 cm³/mol. The zero-order chi connectivity index (χ0) is 18.4. The van der Waals surface area contributed by atoms with E-state index in [-0.39, 0.29) is 5.91 Å². The average Bonchev–Trinajstić information content (AvgIpc) is 3.30. The Kier molecular flexibility index (Phi) is 6.43. The number of amides is 1. The van der Waals surface area contributed by atoms with Crippen LogP contribution in [0.5, 0.6) is 0 Å². The van der Waals surface area contributed by atoms with Crippen molar-refractivity contribution in [2.45, 2.75) is 17.2 Å². The molecule has 1 amide bonds. The molecule has 0 atom stereocenters. The summed E-state index contributed by atoms with van der Waals surface area (Å²) in [4.78, 5) is 20.0. The van der Waals surface area contributed by atoms with E-state index in [0.29, 0.717) is 11.3 Å². The van der Waals surface area contributed by atoms with Gasteiger partial charge in [-0.05, 0) is 26.2 Å². The second-order valence-electron chi connectivity index (χ2n) is 6.01. The fourth-order valence-corrected chi connectivity index (χ4v) is 3.91. The van der Waals surface area contributed by atoms with Crippen LogP contribution >= 0.6 is 23.1 Å². The number of likely N-dealkylation sites (N-methyl/N-ethyl adjacent to an activating group) is 1. The molecule has 136 valence electrons. The molecule has 0 bridgehead atoms. The van der Waals surface area contributed by atoms with Gasteiger partial charge in [-0.25, -0.2) is 4.98 Å². The van der Waals surface area contributed by atoms with Gasteiger partial charge in [0.2, 0.25) is 0 Å². The van der Waals surface area contributed by atoms with Crippen LogP contribution in [0.1, 0.15) is 16.1 Å². The fourth-order valence-electron chi connectivity index (χ4n) is 2.29. The first-order chi connectivity index (χ1) is 12.6. The first-order valence-corrected chi connectivity index (χ1v) is 10.1. The van der Waals surface area contributed by atoms with E-state index in [1.165, 1.54) is 0 Å². The Hall–Kier alpha value is -2.16. The van der Waals surface area contributed by atoms with Crippen LogP contribution in [-0.2, 0) is 12.3 Å². The Labute approximate surface area is 161 Å². The Morgan fingerprint density at radius 1 is 1.35 bits per heavy atom. The molecule has 8 heteroatoms. The zero-order valence-electron chi connectivity index (χ0n) is 14.8. The van der Waals surface area contributed by atoms with Crippen LogP contribution < -0.4 is 5.32 Å². The molecule has 3 aromatic rings. The molecular formula is C18H21N5OS2. The Morgan fingerprint density at radius 2 is 2.19 bits per heavy atom. The molecular weight excluding hydrogens is 366 g/mol. The van der Waals surface area contributed by atoms with Crippen LogP contribution in [-0.4, -0.2) is 46.2 Å². The van der Waals surface area contributed by atoms with Gasteiger partial charge in [0.1, 0.15) is 0 Å². The third-order valence-electron chi connectivity index (χ3n) is 3.66. The summed E-state index contributed by atoms with van der Waals surface area (Å²) in [7, 11) is 4.04. The average molecular weight is 388 g/mol. The van der Waals surface area contributed by atoms with Crippen LogP contribution in [0, 0.1) is 0 Å². The summed E-state index contributed by atoms with van der Waals surface area (Å²) in [6.45, 7) is 1.67. The summed E-state index contributed by atoms with van der Waals surface area (Å²) in [5.41, 5.74) is 4.21. The summed E-state index contributed by atoms with van der Waals surface area (Å²) in [5.74, 6) is 0.620. The SMILES string of the molecule is CN(C)CCn1cc(NC(=O)c2ccccc2SCc2cscn2)cn1. The molecule has 2 heterocycles. The summed E-state index contributed by atoms with van der Waals surface area (Å²) in [5, 5.41) is 9.25. The quantitative estimate of drug-likeness (QED) is 0.600. The first kappa shape index (κ1) is 18.6. The number of hydrogen-bond acceptors (Lipinski definition) is 6. The van der Waals surface area contributed by atoms with Gasteiger partial charge in [0.05, 0.1) is 35.2 Å². The Bertz CT molecular complexity index is 845. The number of nitrogens with one attached hydrogen (secondary N) is 1. The molecule has 2 aromatic heterocycles. The summed E-state index contributed by atoms with van der Waals surface area (Å²) in [6, 6.07) is 7.63. The number of aromatic nitrogens is 3. The van der Waals surface area contributed by atoms with E-state index in [0.717, 1.165) is 29.4 Å². The number of benzene rings is 1. The molecule has 0 aliphatic heterocycles. The summed E-state index contributed by atoms with van der Waals surface area (Å²) in [6.07, 6.45) is 3.53. The molecule has 0 fully saturated rings. The van der Waals surface area contributed by atoms with E-state index >= 15 is 0 Å². The number of rotatable bonds is 8. The second kappa shape index (κ2) is 8.98. The number of thiazole rings is 1. The topological polar surface area (TPSA) is 63.0 Å². The maximum absolute atomic E-state index is 12.7. The molecule has 1 aromatic carbocycles. The Morgan fingerprint density at radius 3 is 2.96 bits per heavy atom. The molecule has 6 nitrogen and oxygen atoms in total. The van der Waals surface area contributed by atoms with Crippen LogP contribution in [0.25, 0.3) is 0 Å². The van der Waals surface area contributed by atoms with Crippen LogP contribution in [0.2, 0.25) is 0 Å². The van der Waals surface area contributed by atoms with Gasteiger partial charge >= 0.3 is 0 Å². The van der Waals surface area contributed by atoms with Gasteiger partial charge in [0.25, 0.3) is 5.91 Å². The highest BCUT2D eigenvalue weighted by molar-refractivity contribution is 7.98. The molecule has 3 rings (SSSR count). The van der Waals surface area contributed by atoms with Crippen molar-refractivity contribution in [3.63, 3.8) is 0 Å². The van der Waals surface area contributed by atoms with Crippen molar-refractivity contribution in [3.05, 3.63) is 58.8 Å². The number of thioether (sulfide) groups is 1. The molecule has 1 N–H and O–H groups in total. The molecule has 0 aliphatic carbocycles. The lowest BCUT2D eigenvalue weighted by Gasteiger charge is -2.09. The maximum atomic E-state index is 12.7. The van der Waals surface area contributed by atoms with Crippen LogP contribution in [0.15, 0.2) is 52.4 Å². The first-order valence-electron chi connectivity index (χ1n) is 8.19. The van der Waals surface area contributed by atoms with E-state index in [1.807, 2.05) is 60.1 Å². The van der Waals surface area contributed by atoms with Gasteiger partial charge < -0.3 is 10.2 Å². The van der Waals surface area contributed by atoms with Gasteiger partial charge in [-0.2, -0.15) is 5.10 Å². The van der Waals surface area contributed by atoms with Gasteiger partial charge in [-0.15, -0.1) is 23.1 Å². The number of anilines is 1. The number of carbonyl (C=O) groups is 1. The fraction of sp³-hybridized carbons (Fsp3) is 0.278. The molecule has 0 aliphatic rings. The normalized spacial score (nSPS) is 11.0. The highest BCUT2D eigenvalue weighted by atomic mass is 32.2. The highest BCUT2D eigenvalue weighted by Crippen LogP contribution is 2.26. The predicted octanol–water partition coefficient (Wildman–Crippen LogP) is 3.45. The smallest absolute Gasteiger partial charge is 0.256 e. The number of carbonyl (C=O) groups excluding carboxylic acids is 1. The van der Waals surface area contributed by atoms with E-state index in [2.05, 4.69) is 20.3 Å². The minimum absolute atomic E-state index is 0.126. The minimum atomic E-state index is -0.126. The van der Waals surface area contributed by atoms with Crippen molar-refractivity contribution in [1.82, 2.24) is 19.7 Å². The molecule has 0 unspecified atom stereocenters. The number of hydrogen-bond donors (Lipinski definition) is 1. The van der Waals surface area contributed by atoms with Crippen molar-refractivity contribution < 1.29 is 4.79 Å². The monoisotopic (exact) mass is 387 g/mol. The lowest BCUT2D eigenvalue weighted by molar-refractivity contribution is 0.102. The van der Waals surface area contributed by atoms with E-state index in [4.69, 9.17) is 0 Å². The zero-order valence-corrected chi connectivity index (χ0v) is 16.4. The maximum Gasteiger partial charge on any atom is 0.256 e. The van der Waals surface area contributed by atoms with Crippen LogP contribution in [0.4, 0.5) is 5.69 Å². The largest absolute Gasteiger partial charge is 0.319 e. The highest BCUT2D eigenvalue weighted by Gasteiger charge is 2.13. The third kappa shape index (κ3) is 5.17. The molecule has 0 saturated heterocycles. The molecule has 26 heavy (non-hydrogen) atoms. The summed E-state index contributed by atoms with van der Waals surface area (Å²) < 4.78 is 1.83.